The molecule has 1 atom stereocenters. The van der Waals surface area contributed by atoms with E-state index >= 15 is 0 Å². The van der Waals surface area contributed by atoms with Gasteiger partial charge in [0.15, 0.2) is 6.29 Å². The van der Waals surface area contributed by atoms with Gasteiger partial charge in [-0.2, -0.15) is 10.4 Å². The molecule has 1 unspecified atom stereocenters. The lowest BCUT2D eigenvalue weighted by Gasteiger charge is -2.33. The highest BCUT2D eigenvalue weighted by molar-refractivity contribution is 6.02. The number of ether oxygens (including phenoxy) is 1. The number of likely N-dealkylation sites (tertiary alicyclic amines) is 1. The zero-order valence-electron chi connectivity index (χ0n) is 20.4. The van der Waals surface area contributed by atoms with Crippen LogP contribution < -0.4 is 16.2 Å². The molecule has 3 N–H and O–H groups in total. The molecule has 2 aromatic heterocycles. The number of carbonyl (C=O) groups excluding carboxylic acids is 1. The predicted molar refractivity (Wildman–Crippen MR) is 136 cm³/mol. The van der Waals surface area contributed by atoms with Gasteiger partial charge < -0.3 is 25.3 Å². The minimum Gasteiger partial charge on any atom is -0.444 e. The molecule has 3 aromatic rings. The Hall–Kier alpha value is -4.33. The summed E-state index contributed by atoms with van der Waals surface area (Å²) in [5.41, 5.74) is 2.57. The first kappa shape index (κ1) is 23.4. The molecule has 11 heteroatoms. The minimum absolute atomic E-state index is 0.0679. The van der Waals surface area contributed by atoms with Crippen molar-refractivity contribution in [2.24, 2.45) is 4.99 Å². The molecule has 11 nitrogen and oxygen atoms in total. The summed E-state index contributed by atoms with van der Waals surface area (Å²) in [5.74, 6) is 0.0679. The number of hydrogen-bond acceptors (Lipinski definition) is 8. The standard InChI is InChI=1S/C25H28N8O3/c1-25(2,3)36-24(35)32-9-7-16(8-10-32)19-11-20(34)30-22-21-17(5-4-6-18(21)31-33(19)22)29-23-27-13-15(12-26)14-28-23/h4-6,11,13-14,16,23,27,29H,7-10H2,1-3H3,(H,30,34). The summed E-state index contributed by atoms with van der Waals surface area (Å²) < 4.78 is 7.31. The van der Waals surface area contributed by atoms with Gasteiger partial charge in [0.25, 0.3) is 5.56 Å². The SMILES string of the molecule is CC(C)(C)OC(=O)N1CCC(c2cc(=O)[nH]c3c4c(NC5N=CC(C#N)=CN5)cccc4nn23)CC1. The predicted octanol–water partition coefficient (Wildman–Crippen LogP) is 3.07. The number of nitrogens with one attached hydrogen (secondary N) is 3. The lowest BCUT2D eigenvalue weighted by molar-refractivity contribution is 0.0203. The second kappa shape index (κ2) is 9.03. The molecule has 2 aliphatic rings. The number of H-pyrrole nitrogens is 1. The fourth-order valence-electron chi connectivity index (χ4n) is 4.57. The Morgan fingerprint density at radius 2 is 2.06 bits per heavy atom. The maximum atomic E-state index is 12.7. The highest BCUT2D eigenvalue weighted by Gasteiger charge is 2.29. The van der Waals surface area contributed by atoms with Crippen molar-refractivity contribution >= 4 is 34.5 Å². The van der Waals surface area contributed by atoms with E-state index < -0.39 is 11.9 Å². The average Bonchev–Trinajstić information content (AvgIpc) is 3.22. The Labute approximate surface area is 207 Å². The third-order valence-corrected chi connectivity index (χ3v) is 6.21. The number of amides is 1. The number of anilines is 1. The van der Waals surface area contributed by atoms with Gasteiger partial charge in [-0.25, -0.2) is 14.3 Å². The molecule has 186 valence electrons. The fourth-order valence-corrected chi connectivity index (χ4v) is 4.57. The van der Waals surface area contributed by atoms with Gasteiger partial charge in [0, 0.05) is 37.5 Å². The van der Waals surface area contributed by atoms with Crippen molar-refractivity contribution in [2.75, 3.05) is 18.4 Å². The molecule has 0 bridgehead atoms. The zero-order valence-corrected chi connectivity index (χ0v) is 20.4. The van der Waals surface area contributed by atoms with Crippen molar-refractivity contribution in [3.05, 3.63) is 52.1 Å². The monoisotopic (exact) mass is 488 g/mol. The Balaban J connectivity index is 1.43. The molecular weight excluding hydrogens is 460 g/mol. The summed E-state index contributed by atoms with van der Waals surface area (Å²) in [4.78, 5) is 34.2. The summed E-state index contributed by atoms with van der Waals surface area (Å²) in [7, 11) is 0. The molecule has 0 radical (unpaired) electrons. The highest BCUT2D eigenvalue weighted by atomic mass is 16.6. The number of fused-ring (bicyclic) bond motifs is 3. The summed E-state index contributed by atoms with van der Waals surface area (Å²) >= 11 is 0. The van der Waals surface area contributed by atoms with Gasteiger partial charge in [-0.05, 0) is 45.7 Å². The molecule has 5 rings (SSSR count). The zero-order chi connectivity index (χ0) is 25.4. The van der Waals surface area contributed by atoms with Gasteiger partial charge in [-0.15, -0.1) is 0 Å². The average molecular weight is 489 g/mol. The molecule has 1 fully saturated rings. The number of allylic oxidation sites excluding steroid dienone is 1. The molecule has 36 heavy (non-hydrogen) atoms. The molecule has 4 heterocycles. The molecule has 0 aliphatic carbocycles. The number of carbonyl (C=O) groups is 1. The van der Waals surface area contributed by atoms with E-state index in [1.54, 1.807) is 21.7 Å². The minimum atomic E-state index is -0.541. The van der Waals surface area contributed by atoms with Crippen molar-refractivity contribution in [3.63, 3.8) is 0 Å². The number of rotatable bonds is 3. The summed E-state index contributed by atoms with van der Waals surface area (Å²) in [6, 6.07) is 9.32. The van der Waals surface area contributed by atoms with Crippen molar-refractivity contribution in [2.45, 2.75) is 51.4 Å². The van der Waals surface area contributed by atoms with E-state index in [9.17, 15) is 9.59 Å². The molecule has 0 saturated carbocycles. The number of hydrogen-bond donors (Lipinski definition) is 3. The van der Waals surface area contributed by atoms with Crippen LogP contribution in [0.5, 0.6) is 0 Å². The van der Waals surface area contributed by atoms with E-state index in [1.807, 2.05) is 45.0 Å². The maximum Gasteiger partial charge on any atom is 0.410 e. The second-order valence-electron chi connectivity index (χ2n) is 9.96. The van der Waals surface area contributed by atoms with Crippen LogP contribution in [0.15, 0.2) is 45.8 Å². The Morgan fingerprint density at radius 3 is 2.72 bits per heavy atom. The van der Waals surface area contributed by atoms with E-state index in [2.05, 4.69) is 20.6 Å². The quantitative estimate of drug-likeness (QED) is 0.515. The van der Waals surface area contributed by atoms with E-state index in [-0.39, 0.29) is 17.6 Å². The third-order valence-electron chi connectivity index (χ3n) is 6.21. The van der Waals surface area contributed by atoms with Crippen LogP contribution in [0.2, 0.25) is 0 Å². The Kier molecular flexibility index (Phi) is 5.88. The van der Waals surface area contributed by atoms with Crippen molar-refractivity contribution in [3.8, 4) is 6.07 Å². The molecule has 1 saturated heterocycles. The normalized spacial score (nSPS) is 18.6. The molecule has 2 aliphatic heterocycles. The van der Waals surface area contributed by atoms with Crippen molar-refractivity contribution in [1.29, 1.82) is 5.26 Å². The Morgan fingerprint density at radius 1 is 1.28 bits per heavy atom. The third kappa shape index (κ3) is 4.62. The van der Waals surface area contributed by atoms with E-state index in [1.165, 1.54) is 6.21 Å². The summed E-state index contributed by atoms with van der Waals surface area (Å²) in [6.07, 6.45) is 3.74. The number of aromatic nitrogens is 3. The number of benzene rings is 1. The van der Waals surface area contributed by atoms with E-state index in [4.69, 9.17) is 15.1 Å². The number of aromatic amines is 1. The summed E-state index contributed by atoms with van der Waals surface area (Å²) in [6.45, 7) is 6.66. The Bertz CT molecular complexity index is 1480. The van der Waals surface area contributed by atoms with Crippen LogP contribution in [0.4, 0.5) is 10.5 Å². The number of nitrogens with zero attached hydrogens (tertiary/aromatic N) is 5. The van der Waals surface area contributed by atoms with Gasteiger partial charge in [0.2, 0.25) is 0 Å². The highest BCUT2D eigenvalue weighted by Crippen LogP contribution is 2.32. The molecule has 0 spiro atoms. The van der Waals surface area contributed by atoms with Gasteiger partial charge in [-0.1, -0.05) is 6.07 Å². The first-order chi connectivity index (χ1) is 17.2. The van der Waals surface area contributed by atoms with Crippen LogP contribution in [0.3, 0.4) is 0 Å². The topological polar surface area (TPSA) is 140 Å². The number of nitriles is 1. The van der Waals surface area contributed by atoms with Gasteiger partial charge in [0.1, 0.15) is 17.3 Å². The molecular formula is C25H28N8O3. The fraction of sp³-hybridized carbons (Fsp3) is 0.400. The van der Waals surface area contributed by atoms with E-state index in [0.29, 0.717) is 37.2 Å². The van der Waals surface area contributed by atoms with Crippen molar-refractivity contribution < 1.29 is 9.53 Å². The van der Waals surface area contributed by atoms with Crippen molar-refractivity contribution in [1.82, 2.24) is 24.8 Å². The first-order valence-electron chi connectivity index (χ1n) is 11.9. The summed E-state index contributed by atoms with van der Waals surface area (Å²) in [5, 5.41) is 20.9. The second-order valence-corrected chi connectivity index (χ2v) is 9.96. The van der Waals surface area contributed by atoms with E-state index in [0.717, 1.165) is 22.3 Å². The van der Waals surface area contributed by atoms with Crippen LogP contribution in [0, 0.1) is 11.3 Å². The van der Waals surface area contributed by atoms with Gasteiger partial charge >= 0.3 is 6.09 Å². The van der Waals surface area contributed by atoms with Gasteiger partial charge in [-0.3, -0.25) is 4.79 Å². The first-order valence-corrected chi connectivity index (χ1v) is 11.9. The largest absolute Gasteiger partial charge is 0.444 e. The lowest BCUT2D eigenvalue weighted by Crippen LogP contribution is -2.41. The molecule has 1 amide bonds. The van der Waals surface area contributed by atoms with Crippen LogP contribution in [0.25, 0.3) is 16.6 Å². The molecule has 1 aromatic carbocycles. The maximum absolute atomic E-state index is 12.7. The lowest BCUT2D eigenvalue weighted by atomic mass is 9.93. The van der Waals surface area contributed by atoms with Crippen LogP contribution >= 0.6 is 0 Å². The van der Waals surface area contributed by atoms with Crippen LogP contribution in [0.1, 0.15) is 45.2 Å². The smallest absolute Gasteiger partial charge is 0.410 e. The van der Waals surface area contributed by atoms with Crippen LogP contribution in [-0.2, 0) is 4.74 Å². The number of piperidine rings is 1. The van der Waals surface area contributed by atoms with Gasteiger partial charge in [0.05, 0.1) is 27.9 Å². The van der Waals surface area contributed by atoms with Crippen LogP contribution in [-0.4, -0.2) is 56.8 Å². The number of aliphatic imine (C=N–C) groups is 1.